The molecule has 0 aromatic carbocycles. The van der Waals surface area contributed by atoms with Crippen LogP contribution in [0.5, 0.6) is 0 Å². The van der Waals surface area contributed by atoms with E-state index < -0.39 is 0 Å². The first-order valence-electron chi connectivity index (χ1n) is 3.01. The zero-order valence-corrected chi connectivity index (χ0v) is 5.60. The van der Waals surface area contributed by atoms with Crippen molar-refractivity contribution in [2.24, 2.45) is 4.99 Å². The summed E-state index contributed by atoms with van der Waals surface area (Å²) in [5, 5.41) is 3.22. The molecule has 8 heavy (non-hydrogen) atoms. The van der Waals surface area contributed by atoms with Crippen LogP contribution in [0.3, 0.4) is 0 Å². The van der Waals surface area contributed by atoms with Crippen LogP contribution in [-0.4, -0.2) is 17.9 Å². The molecule has 0 amide bonds. The molecule has 1 N–H and O–H groups in total. The number of amidine groups is 1. The van der Waals surface area contributed by atoms with Gasteiger partial charge in [0.1, 0.15) is 0 Å². The molecule has 0 aliphatic carbocycles. The van der Waals surface area contributed by atoms with E-state index in [2.05, 4.69) is 24.2 Å². The van der Waals surface area contributed by atoms with E-state index in [9.17, 15) is 0 Å². The molecule has 0 bridgehead atoms. The Morgan fingerprint density at radius 3 is 2.25 bits per heavy atom. The van der Waals surface area contributed by atoms with Crippen molar-refractivity contribution in [2.75, 3.05) is 0 Å². The van der Waals surface area contributed by atoms with Crippen LogP contribution in [0.2, 0.25) is 0 Å². The molecule has 0 radical (unpaired) electrons. The Balaban J connectivity index is 2.56. The Hall–Kier alpha value is -0.530. The lowest BCUT2D eigenvalue weighted by molar-refractivity contribution is 0.601. The molecule has 1 unspecified atom stereocenters. The minimum Gasteiger partial charge on any atom is -0.369 e. The highest BCUT2D eigenvalue weighted by molar-refractivity contribution is 5.81. The van der Waals surface area contributed by atoms with E-state index in [-0.39, 0.29) is 0 Å². The van der Waals surface area contributed by atoms with Crippen molar-refractivity contribution in [1.82, 2.24) is 5.32 Å². The third-order valence-corrected chi connectivity index (χ3v) is 1.56. The SMILES string of the molecule is CC1=NC(C)[C@H](C)N1. The highest BCUT2D eigenvalue weighted by Crippen LogP contribution is 2.03. The number of nitrogens with one attached hydrogen (secondary N) is 1. The third-order valence-electron chi connectivity index (χ3n) is 1.56. The summed E-state index contributed by atoms with van der Waals surface area (Å²) in [7, 11) is 0. The average molecular weight is 112 g/mol. The highest BCUT2D eigenvalue weighted by atomic mass is 15.1. The van der Waals surface area contributed by atoms with Gasteiger partial charge in [-0.2, -0.15) is 0 Å². The Morgan fingerprint density at radius 1 is 1.50 bits per heavy atom. The van der Waals surface area contributed by atoms with E-state index in [0.29, 0.717) is 12.1 Å². The molecule has 0 aromatic rings. The normalized spacial score (nSPS) is 36.6. The summed E-state index contributed by atoms with van der Waals surface area (Å²) in [5.74, 6) is 1.07. The van der Waals surface area contributed by atoms with Crippen molar-refractivity contribution >= 4 is 5.84 Å². The number of hydrogen-bond acceptors (Lipinski definition) is 2. The summed E-state index contributed by atoms with van der Waals surface area (Å²) in [6, 6.07) is 1.00. The Morgan fingerprint density at radius 2 is 2.12 bits per heavy atom. The van der Waals surface area contributed by atoms with Crippen molar-refractivity contribution < 1.29 is 0 Å². The molecular formula is C6H12N2. The Bertz CT molecular complexity index is 118. The van der Waals surface area contributed by atoms with Gasteiger partial charge in [0, 0.05) is 6.04 Å². The molecule has 1 rings (SSSR count). The molecule has 0 spiro atoms. The summed E-state index contributed by atoms with van der Waals surface area (Å²) in [6.45, 7) is 6.26. The van der Waals surface area contributed by atoms with Gasteiger partial charge in [0.05, 0.1) is 11.9 Å². The molecule has 2 nitrogen and oxygen atoms in total. The fraction of sp³-hybridized carbons (Fsp3) is 0.833. The average Bonchev–Trinajstić information content (AvgIpc) is 1.85. The van der Waals surface area contributed by atoms with Crippen LogP contribution in [0.15, 0.2) is 4.99 Å². The summed E-state index contributed by atoms with van der Waals surface area (Å²) < 4.78 is 0. The van der Waals surface area contributed by atoms with E-state index in [1.54, 1.807) is 0 Å². The molecular weight excluding hydrogens is 100 g/mol. The topological polar surface area (TPSA) is 24.4 Å². The minimum atomic E-state index is 0.468. The van der Waals surface area contributed by atoms with Crippen molar-refractivity contribution in [3.05, 3.63) is 0 Å². The van der Waals surface area contributed by atoms with E-state index >= 15 is 0 Å². The molecule has 0 saturated carbocycles. The second kappa shape index (κ2) is 1.77. The van der Waals surface area contributed by atoms with Gasteiger partial charge in [0.2, 0.25) is 0 Å². The Kier molecular flexibility index (Phi) is 1.24. The van der Waals surface area contributed by atoms with Gasteiger partial charge in [-0.1, -0.05) is 0 Å². The van der Waals surface area contributed by atoms with Gasteiger partial charge in [0.25, 0.3) is 0 Å². The molecule has 2 heteroatoms. The van der Waals surface area contributed by atoms with Crippen LogP contribution in [0.4, 0.5) is 0 Å². The fourth-order valence-electron chi connectivity index (χ4n) is 0.905. The molecule has 1 aliphatic rings. The molecule has 46 valence electrons. The van der Waals surface area contributed by atoms with Crippen LogP contribution in [0, 0.1) is 0 Å². The summed E-state index contributed by atoms with van der Waals surface area (Å²) in [6.07, 6.45) is 0. The van der Waals surface area contributed by atoms with Crippen LogP contribution in [-0.2, 0) is 0 Å². The van der Waals surface area contributed by atoms with Crippen LogP contribution in [0.25, 0.3) is 0 Å². The molecule has 0 fully saturated rings. The lowest BCUT2D eigenvalue weighted by Gasteiger charge is -2.05. The lowest BCUT2D eigenvalue weighted by atomic mass is 10.2. The zero-order valence-electron chi connectivity index (χ0n) is 5.60. The first kappa shape index (κ1) is 5.60. The standard InChI is InChI=1S/C6H12N2/c1-4-5(2)8-6(3)7-4/h4-5H,1-3H3,(H,7,8)/t4-,5?/m0/s1. The second-order valence-corrected chi connectivity index (χ2v) is 2.39. The predicted octanol–water partition coefficient (Wildman–Crippen LogP) is 0.785. The van der Waals surface area contributed by atoms with E-state index in [1.165, 1.54) is 0 Å². The molecule has 0 saturated heterocycles. The maximum absolute atomic E-state index is 4.28. The van der Waals surface area contributed by atoms with Crippen LogP contribution < -0.4 is 5.32 Å². The van der Waals surface area contributed by atoms with Gasteiger partial charge in [-0.25, -0.2) is 0 Å². The number of hydrogen-bond donors (Lipinski definition) is 1. The van der Waals surface area contributed by atoms with Crippen LogP contribution >= 0.6 is 0 Å². The summed E-state index contributed by atoms with van der Waals surface area (Å²) >= 11 is 0. The minimum absolute atomic E-state index is 0.468. The monoisotopic (exact) mass is 112 g/mol. The van der Waals surface area contributed by atoms with Gasteiger partial charge in [-0.15, -0.1) is 0 Å². The molecule has 0 aromatic heterocycles. The first-order valence-corrected chi connectivity index (χ1v) is 3.01. The quantitative estimate of drug-likeness (QED) is 0.492. The van der Waals surface area contributed by atoms with Gasteiger partial charge in [-0.3, -0.25) is 4.99 Å². The largest absolute Gasteiger partial charge is 0.369 e. The van der Waals surface area contributed by atoms with E-state index in [4.69, 9.17) is 0 Å². The Labute approximate surface area is 50.0 Å². The fourth-order valence-corrected chi connectivity index (χ4v) is 0.905. The smallest absolute Gasteiger partial charge is 0.0938 e. The lowest BCUT2D eigenvalue weighted by Crippen LogP contribution is -2.28. The second-order valence-electron chi connectivity index (χ2n) is 2.39. The van der Waals surface area contributed by atoms with Crippen molar-refractivity contribution in [3.63, 3.8) is 0 Å². The maximum atomic E-state index is 4.28. The first-order chi connectivity index (χ1) is 3.70. The van der Waals surface area contributed by atoms with Crippen LogP contribution in [0.1, 0.15) is 20.8 Å². The van der Waals surface area contributed by atoms with Gasteiger partial charge in [0.15, 0.2) is 0 Å². The van der Waals surface area contributed by atoms with Crippen molar-refractivity contribution in [2.45, 2.75) is 32.9 Å². The van der Waals surface area contributed by atoms with Gasteiger partial charge in [-0.05, 0) is 20.8 Å². The number of nitrogens with zero attached hydrogens (tertiary/aromatic N) is 1. The highest BCUT2D eigenvalue weighted by Gasteiger charge is 2.16. The molecule has 2 atom stereocenters. The molecule has 1 aliphatic heterocycles. The third kappa shape index (κ3) is 0.831. The van der Waals surface area contributed by atoms with Gasteiger partial charge < -0.3 is 5.32 Å². The zero-order chi connectivity index (χ0) is 6.15. The molecule has 1 heterocycles. The predicted molar refractivity (Wildman–Crippen MR) is 35.2 cm³/mol. The summed E-state index contributed by atoms with van der Waals surface area (Å²) in [4.78, 5) is 4.28. The maximum Gasteiger partial charge on any atom is 0.0938 e. The van der Waals surface area contributed by atoms with E-state index in [1.807, 2.05) is 6.92 Å². The van der Waals surface area contributed by atoms with Gasteiger partial charge >= 0.3 is 0 Å². The van der Waals surface area contributed by atoms with Crippen molar-refractivity contribution in [1.29, 1.82) is 0 Å². The van der Waals surface area contributed by atoms with Crippen molar-refractivity contribution in [3.8, 4) is 0 Å². The number of rotatable bonds is 0. The summed E-state index contributed by atoms with van der Waals surface area (Å²) in [5.41, 5.74) is 0. The number of aliphatic imine (C=N–C) groups is 1. The van der Waals surface area contributed by atoms with E-state index in [0.717, 1.165) is 5.84 Å².